The number of nitrogens with one attached hydrogen (secondary N) is 1. The van der Waals surface area contributed by atoms with Crippen LogP contribution in [0.15, 0.2) is 65.6 Å². The number of carbonyl (C=O) groups is 1. The maximum atomic E-state index is 12.4. The molecule has 0 radical (unpaired) electrons. The van der Waals surface area contributed by atoms with Crippen molar-refractivity contribution in [3.05, 3.63) is 72.5 Å². The topological polar surface area (TPSA) is 107 Å². The van der Waals surface area contributed by atoms with E-state index in [9.17, 15) is 4.79 Å². The monoisotopic (exact) mass is 414 g/mol. The van der Waals surface area contributed by atoms with E-state index in [1.807, 2.05) is 30.3 Å². The summed E-state index contributed by atoms with van der Waals surface area (Å²) in [5.74, 6) is -0.447. The molecule has 8 nitrogen and oxygen atoms in total. The van der Waals surface area contributed by atoms with Crippen LogP contribution in [0.5, 0.6) is 0 Å². The number of aryl methyl sites for hydroxylation is 1. The van der Waals surface area contributed by atoms with E-state index in [0.29, 0.717) is 11.4 Å². The lowest BCUT2D eigenvalue weighted by Gasteiger charge is -2.03. The van der Waals surface area contributed by atoms with Crippen LogP contribution in [-0.4, -0.2) is 31.0 Å². The maximum Gasteiger partial charge on any atom is 0.316 e. The number of nitrogens with zero attached hydrogens (tertiary/aromatic N) is 5. The van der Waals surface area contributed by atoms with Crippen LogP contribution in [0.1, 0.15) is 16.2 Å². The summed E-state index contributed by atoms with van der Waals surface area (Å²) in [6, 6.07) is 13.7. The van der Waals surface area contributed by atoms with Gasteiger partial charge < -0.3 is 9.84 Å². The maximum absolute atomic E-state index is 12.4. The van der Waals surface area contributed by atoms with Crippen LogP contribution in [0, 0.1) is 6.92 Å². The molecule has 0 spiro atoms. The molecule has 0 aliphatic carbocycles. The highest BCUT2D eigenvalue weighted by molar-refractivity contribution is 7.21. The van der Waals surface area contributed by atoms with Crippen molar-refractivity contribution in [2.75, 3.05) is 5.32 Å². The summed E-state index contributed by atoms with van der Waals surface area (Å²) in [6.07, 6.45) is 4.55. The number of hydrogen-bond acceptors (Lipinski definition) is 8. The molecule has 0 atom stereocenters. The average molecular weight is 414 g/mol. The molecule has 0 fully saturated rings. The minimum Gasteiger partial charge on any atom is -0.328 e. The van der Waals surface area contributed by atoms with Crippen LogP contribution in [-0.2, 0) is 0 Å². The van der Waals surface area contributed by atoms with Gasteiger partial charge in [-0.3, -0.25) is 9.78 Å². The molecule has 3 aromatic heterocycles. The minimum atomic E-state index is -0.499. The molecule has 0 aliphatic rings. The highest BCUT2D eigenvalue weighted by Gasteiger charge is 2.17. The van der Waals surface area contributed by atoms with Crippen LogP contribution in [0.4, 0.5) is 5.69 Å². The third kappa shape index (κ3) is 3.53. The molecule has 2 aromatic carbocycles. The summed E-state index contributed by atoms with van der Waals surface area (Å²) in [5.41, 5.74) is 4.21. The minimum absolute atomic E-state index is 0.152. The molecule has 30 heavy (non-hydrogen) atoms. The SMILES string of the molecule is Cc1ccc2nc(-c3ccc(NC(=O)c4nc(-c5cnccn5)no4)cc3)sc2c1. The number of thiazole rings is 1. The molecule has 0 unspecified atom stereocenters. The van der Waals surface area contributed by atoms with E-state index >= 15 is 0 Å². The summed E-state index contributed by atoms with van der Waals surface area (Å²) >= 11 is 1.64. The van der Waals surface area contributed by atoms with Gasteiger partial charge in [0.2, 0.25) is 5.82 Å². The third-order valence-corrected chi connectivity index (χ3v) is 5.41. The predicted octanol–water partition coefficient (Wildman–Crippen LogP) is 4.36. The van der Waals surface area contributed by atoms with Gasteiger partial charge in [0, 0.05) is 23.6 Å². The number of rotatable bonds is 4. The smallest absolute Gasteiger partial charge is 0.316 e. The Morgan fingerprint density at radius 1 is 1.07 bits per heavy atom. The van der Waals surface area contributed by atoms with Crippen LogP contribution in [0.2, 0.25) is 0 Å². The number of aromatic nitrogens is 5. The largest absolute Gasteiger partial charge is 0.328 e. The highest BCUT2D eigenvalue weighted by atomic mass is 32.1. The van der Waals surface area contributed by atoms with Crippen molar-refractivity contribution >= 4 is 33.1 Å². The van der Waals surface area contributed by atoms with Gasteiger partial charge in [-0.15, -0.1) is 11.3 Å². The van der Waals surface area contributed by atoms with Gasteiger partial charge in [0.05, 0.1) is 16.4 Å². The number of amides is 1. The van der Waals surface area contributed by atoms with E-state index in [2.05, 4.69) is 49.5 Å². The first-order valence-corrected chi connectivity index (χ1v) is 9.86. The summed E-state index contributed by atoms with van der Waals surface area (Å²) in [6.45, 7) is 2.07. The normalized spacial score (nSPS) is 11.0. The first-order chi connectivity index (χ1) is 14.7. The summed E-state index contributed by atoms with van der Waals surface area (Å²) < 4.78 is 6.19. The standard InChI is InChI=1S/C21H14N6O2S/c1-12-2-7-15-17(10-12)30-21(25-15)13-3-5-14(6-4-13)24-19(28)20-26-18(27-29-20)16-11-22-8-9-23-16/h2-11H,1H3,(H,24,28). The second-order valence-electron chi connectivity index (χ2n) is 6.54. The Kier molecular flexibility index (Phi) is 4.49. The average Bonchev–Trinajstić information content (AvgIpc) is 3.42. The number of hydrogen-bond donors (Lipinski definition) is 1. The molecule has 5 rings (SSSR count). The van der Waals surface area contributed by atoms with Gasteiger partial charge in [0.15, 0.2) is 0 Å². The van der Waals surface area contributed by atoms with Gasteiger partial charge in [-0.05, 0) is 48.9 Å². The van der Waals surface area contributed by atoms with Crippen molar-refractivity contribution in [3.8, 4) is 22.1 Å². The molecule has 146 valence electrons. The van der Waals surface area contributed by atoms with E-state index in [-0.39, 0.29) is 11.7 Å². The Balaban J connectivity index is 1.32. The fourth-order valence-electron chi connectivity index (χ4n) is 2.87. The lowest BCUT2D eigenvalue weighted by molar-refractivity contribution is 0.0981. The zero-order valence-electron chi connectivity index (χ0n) is 15.7. The number of carbonyl (C=O) groups excluding carboxylic acids is 1. The molecule has 1 N–H and O–H groups in total. The van der Waals surface area contributed by atoms with Crippen LogP contribution >= 0.6 is 11.3 Å². The van der Waals surface area contributed by atoms with Gasteiger partial charge >= 0.3 is 11.8 Å². The number of benzene rings is 2. The van der Waals surface area contributed by atoms with Crippen LogP contribution in [0.3, 0.4) is 0 Å². The number of fused-ring (bicyclic) bond motifs is 1. The molecule has 1 amide bonds. The first-order valence-electron chi connectivity index (χ1n) is 9.05. The van der Waals surface area contributed by atoms with E-state index in [1.165, 1.54) is 24.2 Å². The van der Waals surface area contributed by atoms with E-state index < -0.39 is 5.91 Å². The van der Waals surface area contributed by atoms with Gasteiger partial charge in [-0.2, -0.15) is 4.98 Å². The lowest BCUT2D eigenvalue weighted by Crippen LogP contribution is -2.12. The van der Waals surface area contributed by atoms with Crippen molar-refractivity contribution in [1.82, 2.24) is 25.1 Å². The van der Waals surface area contributed by atoms with Crippen molar-refractivity contribution in [2.24, 2.45) is 0 Å². The second-order valence-corrected chi connectivity index (χ2v) is 7.57. The molecule has 3 heterocycles. The second kappa shape index (κ2) is 7.45. The van der Waals surface area contributed by atoms with Gasteiger partial charge in [-0.1, -0.05) is 11.2 Å². The van der Waals surface area contributed by atoms with Gasteiger partial charge in [0.1, 0.15) is 10.7 Å². The molecule has 0 saturated heterocycles. The van der Waals surface area contributed by atoms with Crippen LogP contribution < -0.4 is 5.32 Å². The highest BCUT2D eigenvalue weighted by Crippen LogP contribution is 2.31. The summed E-state index contributed by atoms with van der Waals surface area (Å²) in [7, 11) is 0. The molecule has 0 bridgehead atoms. The lowest BCUT2D eigenvalue weighted by atomic mass is 10.2. The van der Waals surface area contributed by atoms with Crippen molar-refractivity contribution in [2.45, 2.75) is 6.92 Å². The fourth-order valence-corrected chi connectivity index (χ4v) is 3.94. The zero-order chi connectivity index (χ0) is 20.5. The molecular weight excluding hydrogens is 400 g/mol. The van der Waals surface area contributed by atoms with E-state index in [4.69, 9.17) is 4.52 Å². The quantitative estimate of drug-likeness (QED) is 0.465. The zero-order valence-corrected chi connectivity index (χ0v) is 16.6. The Labute approximate surface area is 174 Å². The third-order valence-electron chi connectivity index (χ3n) is 4.35. The molecule has 0 aliphatic heterocycles. The van der Waals surface area contributed by atoms with Crippen molar-refractivity contribution in [3.63, 3.8) is 0 Å². The Morgan fingerprint density at radius 2 is 1.93 bits per heavy atom. The Morgan fingerprint density at radius 3 is 2.73 bits per heavy atom. The molecule has 9 heteroatoms. The summed E-state index contributed by atoms with van der Waals surface area (Å²) in [4.78, 5) is 29.2. The van der Waals surface area contributed by atoms with Gasteiger partial charge in [0.25, 0.3) is 0 Å². The van der Waals surface area contributed by atoms with Gasteiger partial charge in [-0.25, -0.2) is 9.97 Å². The molecular formula is C21H14N6O2S. The van der Waals surface area contributed by atoms with Crippen molar-refractivity contribution in [1.29, 1.82) is 0 Å². The summed E-state index contributed by atoms with van der Waals surface area (Å²) in [5, 5.41) is 7.45. The van der Waals surface area contributed by atoms with Crippen LogP contribution in [0.25, 0.3) is 32.3 Å². The predicted molar refractivity (Wildman–Crippen MR) is 113 cm³/mol. The Bertz CT molecular complexity index is 1350. The first kappa shape index (κ1) is 18.1. The van der Waals surface area contributed by atoms with E-state index in [1.54, 1.807) is 11.3 Å². The van der Waals surface area contributed by atoms with Crippen molar-refractivity contribution < 1.29 is 9.32 Å². The molecule has 5 aromatic rings. The van der Waals surface area contributed by atoms with E-state index in [0.717, 1.165) is 20.8 Å². The number of anilines is 1. The Hall–Kier alpha value is -3.98. The fraction of sp³-hybridized carbons (Fsp3) is 0.0476. The molecule has 0 saturated carbocycles.